The van der Waals surface area contributed by atoms with Crippen molar-refractivity contribution in [2.24, 2.45) is 0 Å². The van der Waals surface area contributed by atoms with E-state index in [0.717, 1.165) is 11.8 Å². The number of nitrogens with zero attached hydrogens (tertiary/aromatic N) is 3. The number of hydrogen-bond donors (Lipinski definition) is 1. The summed E-state index contributed by atoms with van der Waals surface area (Å²) in [6, 6.07) is 3.47. The van der Waals surface area contributed by atoms with E-state index in [-0.39, 0.29) is 41.3 Å². The van der Waals surface area contributed by atoms with E-state index in [0.29, 0.717) is 12.3 Å². The largest absolute Gasteiger partial charge is 0.459 e. The molecule has 2 amide bonds. The van der Waals surface area contributed by atoms with Crippen molar-refractivity contribution in [3.8, 4) is 11.7 Å². The summed E-state index contributed by atoms with van der Waals surface area (Å²) in [6.45, 7) is 6.06. The van der Waals surface area contributed by atoms with E-state index in [2.05, 4.69) is 15.5 Å². The molecule has 1 N–H and O–H groups in total. The lowest BCUT2D eigenvalue weighted by Gasteiger charge is -2.20. The third-order valence-corrected chi connectivity index (χ3v) is 3.78. The Bertz CT molecular complexity index is 669. The van der Waals surface area contributed by atoms with Crippen molar-refractivity contribution in [2.45, 2.75) is 32.0 Å². The molecule has 0 aliphatic carbocycles. The molecule has 8 nitrogen and oxygen atoms in total. The average molecular weight is 352 g/mol. The van der Waals surface area contributed by atoms with Gasteiger partial charge in [-0.1, -0.05) is 11.8 Å². The van der Waals surface area contributed by atoms with E-state index in [4.69, 9.17) is 8.83 Å². The molecule has 0 aliphatic rings. The summed E-state index contributed by atoms with van der Waals surface area (Å²) >= 11 is 1.13. The molecular weight excluding hydrogens is 332 g/mol. The van der Waals surface area contributed by atoms with Crippen molar-refractivity contribution in [1.29, 1.82) is 0 Å². The Morgan fingerprint density at radius 3 is 2.79 bits per heavy atom. The number of carbonyl (C=O) groups is 2. The molecule has 0 radical (unpaired) electrons. The number of hydrogen-bond acceptors (Lipinski definition) is 7. The Balaban J connectivity index is 1.86. The predicted octanol–water partition coefficient (Wildman–Crippen LogP) is 1.79. The summed E-state index contributed by atoms with van der Waals surface area (Å²) in [4.78, 5) is 25.5. The molecule has 0 atom stereocenters. The molecule has 0 spiro atoms. The minimum absolute atomic E-state index is 0.0373. The minimum Gasteiger partial charge on any atom is -0.459 e. The Hall–Kier alpha value is -2.29. The van der Waals surface area contributed by atoms with Crippen molar-refractivity contribution in [2.75, 3.05) is 18.8 Å². The van der Waals surface area contributed by atoms with Gasteiger partial charge in [0.15, 0.2) is 5.76 Å². The second-order valence-corrected chi connectivity index (χ2v) is 6.20. The van der Waals surface area contributed by atoms with E-state index < -0.39 is 0 Å². The summed E-state index contributed by atoms with van der Waals surface area (Å²) in [5.74, 6) is 0.504. The number of amides is 2. The highest BCUT2D eigenvalue weighted by Gasteiger charge is 2.18. The van der Waals surface area contributed by atoms with Gasteiger partial charge in [0.1, 0.15) is 0 Å². The van der Waals surface area contributed by atoms with Crippen molar-refractivity contribution < 1.29 is 18.4 Å². The maximum absolute atomic E-state index is 12.2. The molecule has 0 saturated heterocycles. The van der Waals surface area contributed by atoms with Crippen LogP contribution in [0, 0.1) is 0 Å². The lowest BCUT2D eigenvalue weighted by Crippen LogP contribution is -2.43. The molecule has 9 heteroatoms. The molecule has 0 fully saturated rings. The van der Waals surface area contributed by atoms with Gasteiger partial charge in [0.05, 0.1) is 18.6 Å². The number of rotatable bonds is 8. The van der Waals surface area contributed by atoms with Crippen molar-refractivity contribution in [3.05, 3.63) is 18.4 Å². The van der Waals surface area contributed by atoms with Gasteiger partial charge in [-0.3, -0.25) is 9.59 Å². The van der Waals surface area contributed by atoms with Crippen LogP contribution in [0.4, 0.5) is 0 Å². The van der Waals surface area contributed by atoms with E-state index in [1.165, 1.54) is 11.2 Å². The van der Waals surface area contributed by atoms with Crippen molar-refractivity contribution in [1.82, 2.24) is 20.4 Å². The molecule has 0 bridgehead atoms. The first-order chi connectivity index (χ1) is 11.5. The second kappa shape index (κ2) is 8.53. The summed E-state index contributed by atoms with van der Waals surface area (Å²) in [5.41, 5.74) is 0. The number of nitrogens with one attached hydrogen (secondary N) is 1. The van der Waals surface area contributed by atoms with Gasteiger partial charge in [-0.05, 0) is 32.9 Å². The molecule has 2 aromatic rings. The normalized spacial score (nSPS) is 10.8. The first kappa shape index (κ1) is 18.1. The van der Waals surface area contributed by atoms with Gasteiger partial charge < -0.3 is 19.1 Å². The maximum Gasteiger partial charge on any atom is 0.284 e. The van der Waals surface area contributed by atoms with Crippen LogP contribution in [-0.4, -0.2) is 51.8 Å². The van der Waals surface area contributed by atoms with Gasteiger partial charge in [0.2, 0.25) is 11.8 Å². The highest BCUT2D eigenvalue weighted by Crippen LogP contribution is 2.23. The summed E-state index contributed by atoms with van der Waals surface area (Å²) in [7, 11) is 0. The number of carbonyl (C=O) groups excluding carboxylic acids is 2. The van der Waals surface area contributed by atoms with Crippen LogP contribution in [0.15, 0.2) is 32.5 Å². The monoisotopic (exact) mass is 352 g/mol. The van der Waals surface area contributed by atoms with Gasteiger partial charge >= 0.3 is 0 Å². The fourth-order valence-electron chi connectivity index (χ4n) is 1.90. The highest BCUT2D eigenvalue weighted by atomic mass is 32.2. The van der Waals surface area contributed by atoms with Crippen LogP contribution in [-0.2, 0) is 9.59 Å². The highest BCUT2D eigenvalue weighted by molar-refractivity contribution is 7.99. The zero-order valence-electron chi connectivity index (χ0n) is 13.8. The van der Waals surface area contributed by atoms with Gasteiger partial charge in [-0.25, -0.2) is 0 Å². The topological polar surface area (TPSA) is 101 Å². The predicted molar refractivity (Wildman–Crippen MR) is 88.3 cm³/mol. The van der Waals surface area contributed by atoms with Crippen LogP contribution < -0.4 is 5.32 Å². The third kappa shape index (κ3) is 5.12. The summed E-state index contributed by atoms with van der Waals surface area (Å²) in [5, 5.41) is 10.8. The first-order valence-electron chi connectivity index (χ1n) is 7.57. The Labute approximate surface area is 144 Å². The quantitative estimate of drug-likeness (QED) is 0.723. The Morgan fingerprint density at radius 1 is 1.38 bits per heavy atom. The Kier molecular flexibility index (Phi) is 6.42. The molecule has 0 saturated carbocycles. The van der Waals surface area contributed by atoms with E-state index in [1.54, 1.807) is 12.1 Å². The zero-order chi connectivity index (χ0) is 17.5. The van der Waals surface area contributed by atoms with Crippen molar-refractivity contribution in [3.63, 3.8) is 0 Å². The average Bonchev–Trinajstić information content (AvgIpc) is 3.20. The van der Waals surface area contributed by atoms with Gasteiger partial charge in [0.25, 0.3) is 11.1 Å². The summed E-state index contributed by atoms with van der Waals surface area (Å²) in [6.07, 6.45) is 1.51. The molecule has 130 valence electrons. The molecule has 2 heterocycles. The van der Waals surface area contributed by atoms with Crippen LogP contribution in [0.25, 0.3) is 11.7 Å². The molecule has 0 aliphatic heterocycles. The minimum atomic E-state index is -0.178. The van der Waals surface area contributed by atoms with Crippen LogP contribution in [0.2, 0.25) is 0 Å². The van der Waals surface area contributed by atoms with Crippen LogP contribution in [0.5, 0.6) is 0 Å². The third-order valence-electron chi connectivity index (χ3n) is 2.98. The molecular formula is C15H20N4O4S. The van der Waals surface area contributed by atoms with Crippen LogP contribution in [0.3, 0.4) is 0 Å². The molecule has 2 rings (SSSR count). The smallest absolute Gasteiger partial charge is 0.284 e. The van der Waals surface area contributed by atoms with Crippen LogP contribution >= 0.6 is 11.8 Å². The molecule has 2 aromatic heterocycles. The lowest BCUT2D eigenvalue weighted by atomic mass is 10.3. The Morgan fingerprint density at radius 2 is 2.17 bits per heavy atom. The van der Waals surface area contributed by atoms with Gasteiger partial charge in [-0.15, -0.1) is 10.2 Å². The van der Waals surface area contributed by atoms with E-state index in [9.17, 15) is 9.59 Å². The van der Waals surface area contributed by atoms with Gasteiger partial charge in [-0.2, -0.15) is 0 Å². The number of aromatic nitrogens is 2. The molecule has 0 unspecified atom stereocenters. The molecule has 0 aromatic carbocycles. The summed E-state index contributed by atoms with van der Waals surface area (Å²) < 4.78 is 10.6. The van der Waals surface area contributed by atoms with Crippen LogP contribution in [0.1, 0.15) is 20.8 Å². The standard InChI is InChI=1S/C15H20N4O4S/c1-4-19(8-12(20)16-10(2)3)13(21)9-24-15-18-17-14(23-15)11-6-5-7-22-11/h5-7,10H,4,8-9H2,1-3H3,(H,16,20). The number of furan rings is 1. The number of thioether (sulfide) groups is 1. The molecule has 24 heavy (non-hydrogen) atoms. The first-order valence-corrected chi connectivity index (χ1v) is 8.55. The number of likely N-dealkylation sites (N-methyl/N-ethyl adjacent to an activating group) is 1. The maximum atomic E-state index is 12.2. The fourth-order valence-corrected chi connectivity index (χ4v) is 2.57. The second-order valence-electron chi connectivity index (χ2n) is 5.27. The zero-order valence-corrected chi connectivity index (χ0v) is 14.6. The SMILES string of the molecule is CCN(CC(=O)NC(C)C)C(=O)CSc1nnc(-c2ccco2)o1. The van der Waals surface area contributed by atoms with E-state index in [1.807, 2.05) is 20.8 Å². The lowest BCUT2D eigenvalue weighted by molar-refractivity contribution is -0.134. The fraction of sp³-hybridized carbons (Fsp3) is 0.467. The van der Waals surface area contributed by atoms with Crippen molar-refractivity contribution >= 4 is 23.6 Å². The van der Waals surface area contributed by atoms with Gasteiger partial charge in [0, 0.05) is 12.6 Å². The van der Waals surface area contributed by atoms with E-state index >= 15 is 0 Å².